The molecule has 6 nitrogen and oxygen atoms in total. The minimum Gasteiger partial charge on any atom is -0.478 e. The second-order valence-electron chi connectivity index (χ2n) is 5.35. The van der Waals surface area contributed by atoms with Crippen molar-refractivity contribution in [2.75, 3.05) is 5.32 Å². The molecule has 1 amide bonds. The van der Waals surface area contributed by atoms with Crippen molar-refractivity contribution in [3.8, 4) is 6.07 Å². The van der Waals surface area contributed by atoms with Crippen LogP contribution in [-0.4, -0.2) is 27.2 Å². The molecule has 7 heteroatoms. The van der Waals surface area contributed by atoms with Gasteiger partial charge in [0.25, 0.3) is 5.91 Å². The topological polar surface area (TPSA) is 103 Å². The number of rotatable bonds is 6. The molecule has 25 heavy (non-hydrogen) atoms. The fourth-order valence-corrected chi connectivity index (χ4v) is 2.81. The van der Waals surface area contributed by atoms with Gasteiger partial charge in [0, 0.05) is 11.4 Å². The summed E-state index contributed by atoms with van der Waals surface area (Å²) in [5.74, 6) is -1.68. The average molecular weight is 355 g/mol. The normalized spacial score (nSPS) is 11.4. The highest BCUT2D eigenvalue weighted by atomic mass is 32.2. The monoisotopic (exact) mass is 355 g/mol. The maximum absolute atomic E-state index is 12.3. The lowest BCUT2D eigenvalue weighted by molar-refractivity contribution is 0.0698. The molecule has 0 fully saturated rings. The molecule has 0 radical (unpaired) electrons. The predicted molar refractivity (Wildman–Crippen MR) is 95.9 cm³/mol. The van der Waals surface area contributed by atoms with Crippen molar-refractivity contribution in [2.45, 2.75) is 30.5 Å². The van der Waals surface area contributed by atoms with E-state index in [1.54, 1.807) is 23.9 Å². The first kappa shape index (κ1) is 18.5. The van der Waals surface area contributed by atoms with E-state index in [4.69, 9.17) is 5.26 Å². The fraction of sp³-hybridized carbons (Fsp3) is 0.222. The van der Waals surface area contributed by atoms with E-state index >= 15 is 0 Å². The van der Waals surface area contributed by atoms with Crippen LogP contribution in [-0.2, 0) is 0 Å². The number of hydrogen-bond acceptors (Lipinski definition) is 5. The number of thioether (sulfide) groups is 1. The van der Waals surface area contributed by atoms with Gasteiger partial charge in [0.2, 0.25) is 0 Å². The van der Waals surface area contributed by atoms with Gasteiger partial charge in [0.15, 0.2) is 0 Å². The Morgan fingerprint density at radius 1 is 1.36 bits per heavy atom. The quantitative estimate of drug-likeness (QED) is 0.764. The van der Waals surface area contributed by atoms with Crippen LogP contribution >= 0.6 is 11.8 Å². The molecule has 0 aliphatic carbocycles. The van der Waals surface area contributed by atoms with Crippen LogP contribution in [0.25, 0.3) is 0 Å². The predicted octanol–water partition coefficient (Wildman–Crippen LogP) is 3.79. The summed E-state index contributed by atoms with van der Waals surface area (Å²) in [4.78, 5) is 27.9. The third-order valence-corrected chi connectivity index (χ3v) is 4.74. The third-order valence-electron chi connectivity index (χ3n) is 3.52. The van der Waals surface area contributed by atoms with Crippen LogP contribution < -0.4 is 5.32 Å². The van der Waals surface area contributed by atoms with Gasteiger partial charge in [-0.15, -0.1) is 11.8 Å². The number of pyridine rings is 1. The number of benzene rings is 1. The molecule has 2 N–H and O–H groups in total. The fourth-order valence-electron chi connectivity index (χ4n) is 1.97. The second-order valence-corrected chi connectivity index (χ2v) is 6.81. The number of nitriles is 1. The molecule has 128 valence electrons. The largest absolute Gasteiger partial charge is 0.478 e. The molecular formula is C18H17N3O3S. The van der Waals surface area contributed by atoms with Crippen LogP contribution in [0.5, 0.6) is 0 Å². The van der Waals surface area contributed by atoms with Gasteiger partial charge in [-0.05, 0) is 36.8 Å². The van der Waals surface area contributed by atoms with E-state index in [9.17, 15) is 14.7 Å². The number of nitrogens with one attached hydrogen (secondary N) is 1. The van der Waals surface area contributed by atoms with Gasteiger partial charge in [-0.1, -0.05) is 13.8 Å². The number of carbonyl (C=O) groups excluding carboxylic acids is 1. The van der Waals surface area contributed by atoms with Crippen molar-refractivity contribution >= 4 is 29.3 Å². The number of carboxylic acid groups (broad SMARTS) is 1. The van der Waals surface area contributed by atoms with Crippen LogP contribution in [0.4, 0.5) is 5.69 Å². The van der Waals surface area contributed by atoms with Gasteiger partial charge in [0.1, 0.15) is 0 Å². The highest BCUT2D eigenvalue weighted by Crippen LogP contribution is 2.23. The zero-order valence-electron chi connectivity index (χ0n) is 13.8. The summed E-state index contributed by atoms with van der Waals surface area (Å²) in [6.45, 7) is 4.20. The van der Waals surface area contributed by atoms with Gasteiger partial charge in [0.05, 0.1) is 33.5 Å². The van der Waals surface area contributed by atoms with Crippen LogP contribution in [0.15, 0.2) is 41.6 Å². The molecule has 0 spiro atoms. The summed E-state index contributed by atoms with van der Waals surface area (Å²) in [6, 6.07) is 9.37. The lowest BCUT2D eigenvalue weighted by atomic mass is 10.1. The summed E-state index contributed by atoms with van der Waals surface area (Å²) in [5.41, 5.74) is 0.538. The minimum absolute atomic E-state index is 0.134. The molecule has 0 saturated carbocycles. The van der Waals surface area contributed by atoms with Gasteiger partial charge in [-0.25, -0.2) is 9.78 Å². The molecule has 0 bridgehead atoms. The Hall–Kier alpha value is -2.85. The van der Waals surface area contributed by atoms with Crippen molar-refractivity contribution < 1.29 is 14.7 Å². The molecular weight excluding hydrogens is 338 g/mol. The van der Waals surface area contributed by atoms with Crippen LogP contribution in [0.2, 0.25) is 0 Å². The van der Waals surface area contributed by atoms with Crippen LogP contribution in [0.3, 0.4) is 0 Å². The van der Waals surface area contributed by atoms with Crippen molar-refractivity contribution in [2.24, 2.45) is 0 Å². The Labute approximate surface area is 149 Å². The number of nitrogens with zero attached hydrogens (tertiary/aromatic N) is 2. The molecule has 1 heterocycles. The summed E-state index contributed by atoms with van der Waals surface area (Å²) in [5, 5.41) is 21.9. The Balaban J connectivity index is 2.17. The zero-order valence-corrected chi connectivity index (χ0v) is 14.6. The summed E-state index contributed by atoms with van der Waals surface area (Å²) >= 11 is 1.63. The third kappa shape index (κ3) is 4.81. The van der Waals surface area contributed by atoms with Crippen molar-refractivity contribution in [1.29, 1.82) is 5.26 Å². The standard InChI is InChI=1S/C18H17N3O3S/c1-3-11(2)25-16-7-5-13(10-20-16)17(22)21-15-6-4-12(9-19)8-14(15)18(23)24/h4-8,10-11H,3H2,1-2H3,(H,21,22)(H,23,24). The summed E-state index contributed by atoms with van der Waals surface area (Å²) in [7, 11) is 0. The lowest BCUT2D eigenvalue weighted by Gasteiger charge is -2.10. The van der Waals surface area contributed by atoms with Crippen molar-refractivity contribution in [3.05, 3.63) is 53.2 Å². The van der Waals surface area contributed by atoms with Crippen LogP contribution in [0.1, 0.15) is 46.5 Å². The van der Waals surface area contributed by atoms with E-state index in [0.717, 1.165) is 11.4 Å². The van der Waals surface area contributed by atoms with E-state index < -0.39 is 11.9 Å². The first-order valence-corrected chi connectivity index (χ1v) is 8.54. The number of hydrogen-bond donors (Lipinski definition) is 2. The highest BCUT2D eigenvalue weighted by Gasteiger charge is 2.15. The highest BCUT2D eigenvalue weighted by molar-refractivity contribution is 7.99. The van der Waals surface area contributed by atoms with Crippen molar-refractivity contribution in [1.82, 2.24) is 4.98 Å². The number of amides is 1. The lowest BCUT2D eigenvalue weighted by Crippen LogP contribution is -2.15. The van der Waals surface area contributed by atoms with Crippen molar-refractivity contribution in [3.63, 3.8) is 0 Å². The Kier molecular flexibility index (Phi) is 6.14. The number of aromatic nitrogens is 1. The number of carboxylic acids is 1. The number of carbonyl (C=O) groups is 2. The zero-order chi connectivity index (χ0) is 18.4. The van der Waals surface area contributed by atoms with E-state index in [-0.39, 0.29) is 16.8 Å². The molecule has 1 aromatic carbocycles. The molecule has 1 aromatic heterocycles. The number of anilines is 1. The first-order chi connectivity index (χ1) is 11.9. The Bertz CT molecular complexity index is 828. The maximum Gasteiger partial charge on any atom is 0.337 e. The van der Waals surface area contributed by atoms with Gasteiger partial charge in [-0.3, -0.25) is 4.79 Å². The SMILES string of the molecule is CCC(C)Sc1ccc(C(=O)Nc2ccc(C#N)cc2C(=O)O)cn1. The number of aromatic carboxylic acids is 1. The maximum atomic E-state index is 12.3. The molecule has 0 aliphatic rings. The summed E-state index contributed by atoms with van der Waals surface area (Å²) < 4.78 is 0. The van der Waals surface area contributed by atoms with E-state index in [0.29, 0.717) is 10.8 Å². The Morgan fingerprint density at radius 2 is 2.12 bits per heavy atom. The molecule has 1 atom stereocenters. The molecule has 0 aliphatic heterocycles. The first-order valence-electron chi connectivity index (χ1n) is 7.66. The minimum atomic E-state index is -1.22. The molecule has 1 unspecified atom stereocenters. The Morgan fingerprint density at radius 3 is 2.68 bits per heavy atom. The van der Waals surface area contributed by atoms with Crippen LogP contribution in [0, 0.1) is 11.3 Å². The second kappa shape index (κ2) is 8.31. The summed E-state index contributed by atoms with van der Waals surface area (Å²) in [6.07, 6.45) is 2.48. The smallest absolute Gasteiger partial charge is 0.337 e. The molecule has 0 saturated heterocycles. The molecule has 2 aromatic rings. The van der Waals surface area contributed by atoms with E-state index in [2.05, 4.69) is 24.1 Å². The molecule has 2 rings (SSSR count). The average Bonchev–Trinajstić information content (AvgIpc) is 2.62. The van der Waals surface area contributed by atoms with Gasteiger partial charge >= 0.3 is 5.97 Å². The van der Waals surface area contributed by atoms with E-state index in [1.807, 2.05) is 6.07 Å². The van der Waals surface area contributed by atoms with Gasteiger partial charge < -0.3 is 10.4 Å². The van der Waals surface area contributed by atoms with E-state index in [1.165, 1.54) is 24.4 Å². The van der Waals surface area contributed by atoms with Gasteiger partial charge in [-0.2, -0.15) is 5.26 Å².